The minimum atomic E-state index is -0.472. The van der Waals surface area contributed by atoms with Crippen LogP contribution < -0.4 is 10.6 Å². The summed E-state index contributed by atoms with van der Waals surface area (Å²) in [5.41, 5.74) is 7.53. The summed E-state index contributed by atoms with van der Waals surface area (Å²) in [5.74, 6) is -0.472. The lowest BCUT2D eigenvalue weighted by Crippen LogP contribution is -2.22. The van der Waals surface area contributed by atoms with E-state index >= 15 is 0 Å². The van der Waals surface area contributed by atoms with Crippen LogP contribution in [0, 0.1) is 6.92 Å². The average molecular weight is 262 g/mol. The average Bonchev–Trinajstić information content (AvgIpc) is 2.74. The Morgan fingerprint density at radius 1 is 1.56 bits per heavy atom. The lowest BCUT2D eigenvalue weighted by Gasteiger charge is -2.19. The van der Waals surface area contributed by atoms with Crippen molar-refractivity contribution >= 4 is 22.9 Å². The predicted molar refractivity (Wildman–Crippen MR) is 71.7 cm³/mol. The maximum atomic E-state index is 11.3. The minimum Gasteiger partial charge on any atom is -0.367 e. The predicted octanol–water partition coefficient (Wildman–Crippen LogP) is 1.58. The zero-order chi connectivity index (χ0) is 13.1. The van der Waals surface area contributed by atoms with Gasteiger partial charge in [0.1, 0.15) is 5.01 Å². The van der Waals surface area contributed by atoms with Gasteiger partial charge in [-0.25, -0.2) is 4.98 Å². The third kappa shape index (κ3) is 2.65. The number of aromatic nitrogens is 2. The molecule has 6 heteroatoms. The van der Waals surface area contributed by atoms with E-state index in [1.807, 2.05) is 24.3 Å². The molecule has 18 heavy (non-hydrogen) atoms. The Labute approximate surface area is 109 Å². The summed E-state index contributed by atoms with van der Waals surface area (Å²) in [6.45, 7) is 2.60. The van der Waals surface area contributed by atoms with Crippen molar-refractivity contribution < 1.29 is 4.79 Å². The molecule has 0 fully saturated rings. The quantitative estimate of drug-likeness (QED) is 0.908. The Balaban J connectivity index is 2.23. The lowest BCUT2D eigenvalue weighted by atomic mass is 10.2. The maximum absolute atomic E-state index is 11.3. The first kappa shape index (κ1) is 12.5. The number of thiazole rings is 1. The van der Waals surface area contributed by atoms with Crippen molar-refractivity contribution in [1.82, 2.24) is 9.97 Å². The Hall–Kier alpha value is -1.95. The van der Waals surface area contributed by atoms with Crippen molar-refractivity contribution in [2.75, 3.05) is 11.9 Å². The van der Waals surface area contributed by atoms with Crippen molar-refractivity contribution in [2.45, 2.75) is 13.5 Å². The first-order valence-electron chi connectivity index (χ1n) is 5.44. The van der Waals surface area contributed by atoms with E-state index in [-0.39, 0.29) is 0 Å². The molecule has 0 aliphatic heterocycles. The van der Waals surface area contributed by atoms with Crippen LogP contribution in [0.2, 0.25) is 0 Å². The number of pyridine rings is 1. The summed E-state index contributed by atoms with van der Waals surface area (Å²) < 4.78 is 0. The molecule has 0 aliphatic rings. The Kier molecular flexibility index (Phi) is 3.57. The number of carbonyl (C=O) groups is 1. The molecule has 2 rings (SSSR count). The van der Waals surface area contributed by atoms with Gasteiger partial charge in [-0.2, -0.15) is 0 Å². The van der Waals surface area contributed by atoms with Gasteiger partial charge in [0.2, 0.25) is 0 Å². The fourth-order valence-electron chi connectivity index (χ4n) is 1.67. The standard InChI is InChI=1S/C12H14N4OS/c1-8-7-18-11(15-8)6-16(2)10-3-4-14-5-9(10)12(13)17/h3-5,7H,6H2,1-2H3,(H2,13,17). The highest BCUT2D eigenvalue weighted by molar-refractivity contribution is 7.09. The normalized spacial score (nSPS) is 10.3. The third-order valence-corrected chi connectivity index (χ3v) is 3.47. The summed E-state index contributed by atoms with van der Waals surface area (Å²) >= 11 is 1.60. The van der Waals surface area contributed by atoms with Crippen molar-refractivity contribution in [3.8, 4) is 0 Å². The van der Waals surface area contributed by atoms with Gasteiger partial charge >= 0.3 is 0 Å². The van der Waals surface area contributed by atoms with Crippen LogP contribution >= 0.6 is 11.3 Å². The van der Waals surface area contributed by atoms with E-state index in [4.69, 9.17) is 5.73 Å². The molecule has 0 aromatic carbocycles. The molecular formula is C12H14N4OS. The van der Waals surface area contributed by atoms with Gasteiger partial charge in [-0.05, 0) is 13.0 Å². The fraction of sp³-hybridized carbons (Fsp3) is 0.250. The van der Waals surface area contributed by atoms with E-state index < -0.39 is 5.91 Å². The van der Waals surface area contributed by atoms with Crippen LogP contribution in [0.4, 0.5) is 5.69 Å². The summed E-state index contributed by atoms with van der Waals surface area (Å²) in [6, 6.07) is 1.78. The van der Waals surface area contributed by atoms with Gasteiger partial charge in [-0.1, -0.05) is 0 Å². The third-order valence-electron chi connectivity index (χ3n) is 2.51. The van der Waals surface area contributed by atoms with Gasteiger partial charge < -0.3 is 10.6 Å². The van der Waals surface area contributed by atoms with Crippen LogP contribution in [0.1, 0.15) is 21.1 Å². The zero-order valence-corrected chi connectivity index (χ0v) is 11.1. The van der Waals surface area contributed by atoms with E-state index in [1.165, 1.54) is 6.20 Å². The van der Waals surface area contributed by atoms with Crippen LogP contribution in [0.5, 0.6) is 0 Å². The maximum Gasteiger partial charge on any atom is 0.252 e. The molecule has 0 unspecified atom stereocenters. The van der Waals surface area contributed by atoms with Crippen LogP contribution in [-0.2, 0) is 6.54 Å². The first-order chi connectivity index (χ1) is 8.58. The van der Waals surface area contributed by atoms with Gasteiger partial charge in [0.15, 0.2) is 0 Å². The zero-order valence-electron chi connectivity index (χ0n) is 10.3. The minimum absolute atomic E-state index is 0.424. The second-order valence-corrected chi connectivity index (χ2v) is 4.94. The van der Waals surface area contributed by atoms with E-state index in [0.29, 0.717) is 12.1 Å². The number of carbonyl (C=O) groups excluding carboxylic acids is 1. The second-order valence-electron chi connectivity index (χ2n) is 4.00. The molecule has 1 amide bonds. The van der Waals surface area contributed by atoms with Crippen LogP contribution in [0.25, 0.3) is 0 Å². The molecule has 0 spiro atoms. The molecular weight excluding hydrogens is 248 g/mol. The van der Waals surface area contributed by atoms with Gasteiger partial charge in [-0.3, -0.25) is 9.78 Å². The number of hydrogen-bond donors (Lipinski definition) is 1. The van der Waals surface area contributed by atoms with E-state index in [1.54, 1.807) is 23.6 Å². The second kappa shape index (κ2) is 5.14. The molecule has 2 heterocycles. The highest BCUT2D eigenvalue weighted by atomic mass is 32.1. The van der Waals surface area contributed by atoms with Crippen molar-refractivity contribution in [3.05, 3.63) is 40.1 Å². The fourth-order valence-corrected chi connectivity index (χ4v) is 2.50. The number of anilines is 1. The van der Waals surface area contributed by atoms with E-state index in [0.717, 1.165) is 16.4 Å². The molecule has 0 atom stereocenters. The molecule has 0 radical (unpaired) electrons. The molecule has 2 aromatic rings. The summed E-state index contributed by atoms with van der Waals surface area (Å²) in [7, 11) is 1.90. The number of nitrogens with zero attached hydrogens (tertiary/aromatic N) is 3. The highest BCUT2D eigenvalue weighted by Gasteiger charge is 2.13. The first-order valence-corrected chi connectivity index (χ1v) is 6.32. The molecule has 94 valence electrons. The topological polar surface area (TPSA) is 72.1 Å². The van der Waals surface area contributed by atoms with Crippen molar-refractivity contribution in [2.24, 2.45) is 5.73 Å². The smallest absolute Gasteiger partial charge is 0.252 e. The molecule has 0 saturated carbocycles. The Morgan fingerprint density at radius 3 is 2.94 bits per heavy atom. The van der Waals surface area contributed by atoms with E-state index in [2.05, 4.69) is 9.97 Å². The number of aryl methyl sites for hydroxylation is 1. The summed E-state index contributed by atoms with van der Waals surface area (Å²) in [6.07, 6.45) is 3.13. The molecule has 0 saturated heterocycles. The number of primary amides is 1. The number of nitrogens with two attached hydrogens (primary N) is 1. The lowest BCUT2D eigenvalue weighted by molar-refractivity contribution is 0.100. The van der Waals surface area contributed by atoms with Crippen LogP contribution in [0.3, 0.4) is 0 Å². The number of rotatable bonds is 4. The van der Waals surface area contributed by atoms with Crippen molar-refractivity contribution in [3.63, 3.8) is 0 Å². The molecule has 0 bridgehead atoms. The number of amides is 1. The van der Waals surface area contributed by atoms with Crippen LogP contribution in [-0.4, -0.2) is 22.9 Å². The Morgan fingerprint density at radius 2 is 2.33 bits per heavy atom. The molecule has 0 aliphatic carbocycles. The molecule has 5 nitrogen and oxygen atoms in total. The van der Waals surface area contributed by atoms with Gasteiger partial charge in [0, 0.05) is 30.5 Å². The summed E-state index contributed by atoms with van der Waals surface area (Å²) in [5, 5.41) is 3.01. The SMILES string of the molecule is Cc1csc(CN(C)c2ccncc2C(N)=O)n1. The largest absolute Gasteiger partial charge is 0.367 e. The van der Waals surface area contributed by atoms with E-state index in [9.17, 15) is 4.79 Å². The number of hydrogen-bond acceptors (Lipinski definition) is 5. The van der Waals surface area contributed by atoms with Crippen molar-refractivity contribution in [1.29, 1.82) is 0 Å². The summed E-state index contributed by atoms with van der Waals surface area (Å²) in [4.78, 5) is 21.6. The van der Waals surface area contributed by atoms with Gasteiger partial charge in [0.25, 0.3) is 5.91 Å². The van der Waals surface area contributed by atoms with Gasteiger partial charge in [-0.15, -0.1) is 11.3 Å². The van der Waals surface area contributed by atoms with Gasteiger partial charge in [0.05, 0.1) is 17.8 Å². The monoisotopic (exact) mass is 262 g/mol. The Bertz CT molecular complexity index is 567. The molecule has 2 aromatic heterocycles. The molecule has 2 N–H and O–H groups in total. The highest BCUT2D eigenvalue weighted by Crippen LogP contribution is 2.20. The van der Waals surface area contributed by atoms with Crippen LogP contribution in [0.15, 0.2) is 23.8 Å².